The molecule has 13 heavy (non-hydrogen) atoms. The molecule has 0 heterocycles. The quantitative estimate of drug-likeness (QED) is 0.743. The molecule has 0 radical (unpaired) electrons. The summed E-state index contributed by atoms with van der Waals surface area (Å²) >= 11 is 0. The highest BCUT2D eigenvalue weighted by atomic mass is 32.2. The Morgan fingerprint density at radius 2 is 1.77 bits per heavy atom. The Hall–Kier alpha value is -0.130. The number of rotatable bonds is 3. The third-order valence-corrected chi connectivity index (χ3v) is 3.79. The predicted molar refractivity (Wildman–Crippen MR) is 52.3 cm³/mol. The summed E-state index contributed by atoms with van der Waals surface area (Å²) in [6.07, 6.45) is 4.13. The second-order valence-electron chi connectivity index (χ2n) is 3.91. The van der Waals surface area contributed by atoms with Crippen molar-refractivity contribution in [3.63, 3.8) is 0 Å². The molecule has 0 amide bonds. The van der Waals surface area contributed by atoms with Crippen molar-refractivity contribution in [2.24, 2.45) is 5.14 Å². The normalized spacial score (nSPS) is 20.4. The average Bonchev–Trinajstić information content (AvgIpc) is 2.34. The van der Waals surface area contributed by atoms with Crippen molar-refractivity contribution >= 4 is 10.2 Å². The summed E-state index contributed by atoms with van der Waals surface area (Å²) in [5.41, 5.74) is 0. The van der Waals surface area contributed by atoms with Crippen LogP contribution in [0.1, 0.15) is 39.5 Å². The van der Waals surface area contributed by atoms with Crippen molar-refractivity contribution in [3.05, 3.63) is 0 Å². The van der Waals surface area contributed by atoms with E-state index in [0.29, 0.717) is 0 Å². The molecule has 5 heteroatoms. The second-order valence-corrected chi connectivity index (χ2v) is 5.36. The molecule has 0 aromatic heterocycles. The molecule has 1 rings (SSSR count). The van der Waals surface area contributed by atoms with Gasteiger partial charge in [0.25, 0.3) is 10.2 Å². The molecule has 0 unspecified atom stereocenters. The average molecular weight is 206 g/mol. The van der Waals surface area contributed by atoms with Gasteiger partial charge in [-0.3, -0.25) is 0 Å². The van der Waals surface area contributed by atoms with Gasteiger partial charge < -0.3 is 0 Å². The first-order valence-corrected chi connectivity index (χ1v) is 6.24. The van der Waals surface area contributed by atoms with E-state index >= 15 is 0 Å². The van der Waals surface area contributed by atoms with Gasteiger partial charge in [0, 0.05) is 12.1 Å². The number of hydrogen-bond acceptors (Lipinski definition) is 2. The van der Waals surface area contributed by atoms with Crippen LogP contribution in [0, 0.1) is 0 Å². The van der Waals surface area contributed by atoms with Crippen molar-refractivity contribution in [1.29, 1.82) is 0 Å². The van der Waals surface area contributed by atoms with E-state index in [1.165, 1.54) is 4.31 Å². The van der Waals surface area contributed by atoms with Gasteiger partial charge in [0.2, 0.25) is 0 Å². The molecular weight excluding hydrogens is 188 g/mol. The zero-order valence-corrected chi connectivity index (χ0v) is 9.05. The van der Waals surface area contributed by atoms with Crippen LogP contribution in [-0.4, -0.2) is 24.8 Å². The van der Waals surface area contributed by atoms with Crippen LogP contribution in [0.2, 0.25) is 0 Å². The van der Waals surface area contributed by atoms with E-state index in [-0.39, 0.29) is 12.1 Å². The highest BCUT2D eigenvalue weighted by molar-refractivity contribution is 7.86. The minimum absolute atomic E-state index is 0.0295. The van der Waals surface area contributed by atoms with Crippen LogP contribution in [0.5, 0.6) is 0 Å². The highest BCUT2D eigenvalue weighted by Crippen LogP contribution is 2.26. The molecule has 1 saturated carbocycles. The maximum Gasteiger partial charge on any atom is 0.277 e. The fourth-order valence-electron chi connectivity index (χ4n) is 2.08. The molecule has 2 N–H and O–H groups in total. The zero-order chi connectivity index (χ0) is 10.1. The molecule has 78 valence electrons. The zero-order valence-electron chi connectivity index (χ0n) is 8.23. The molecule has 0 spiro atoms. The van der Waals surface area contributed by atoms with E-state index in [4.69, 9.17) is 5.14 Å². The fourth-order valence-corrected chi connectivity index (χ4v) is 3.30. The molecule has 1 fully saturated rings. The van der Waals surface area contributed by atoms with Crippen LogP contribution in [0.3, 0.4) is 0 Å². The third-order valence-electron chi connectivity index (χ3n) is 2.49. The number of nitrogens with zero attached hydrogens (tertiary/aromatic N) is 1. The summed E-state index contributed by atoms with van der Waals surface area (Å²) in [4.78, 5) is 0. The van der Waals surface area contributed by atoms with Crippen LogP contribution < -0.4 is 5.14 Å². The Morgan fingerprint density at radius 3 is 2.08 bits per heavy atom. The molecule has 0 aliphatic heterocycles. The lowest BCUT2D eigenvalue weighted by molar-refractivity contribution is 0.276. The SMILES string of the molecule is CC(C)N(C1CCCC1)S(N)(=O)=O. The van der Waals surface area contributed by atoms with Gasteiger partial charge in [0.05, 0.1) is 0 Å². The van der Waals surface area contributed by atoms with Crippen molar-refractivity contribution in [1.82, 2.24) is 4.31 Å². The van der Waals surface area contributed by atoms with Gasteiger partial charge in [-0.05, 0) is 26.7 Å². The van der Waals surface area contributed by atoms with Crippen LogP contribution in [0.4, 0.5) is 0 Å². The first-order valence-electron chi connectivity index (χ1n) is 4.74. The van der Waals surface area contributed by atoms with Gasteiger partial charge in [-0.25, -0.2) is 5.14 Å². The summed E-state index contributed by atoms with van der Waals surface area (Å²) in [6, 6.07) is 0.105. The minimum Gasteiger partial charge on any atom is -0.216 e. The van der Waals surface area contributed by atoms with Crippen molar-refractivity contribution in [2.45, 2.75) is 51.6 Å². The largest absolute Gasteiger partial charge is 0.277 e. The van der Waals surface area contributed by atoms with Gasteiger partial charge in [-0.15, -0.1) is 0 Å². The maximum absolute atomic E-state index is 11.3. The Labute approximate surface area is 80.3 Å². The molecule has 4 nitrogen and oxygen atoms in total. The van der Waals surface area contributed by atoms with E-state index in [2.05, 4.69) is 0 Å². The summed E-state index contributed by atoms with van der Waals surface area (Å²) in [5.74, 6) is 0. The van der Waals surface area contributed by atoms with E-state index < -0.39 is 10.2 Å². The Kier molecular flexibility index (Phi) is 3.32. The van der Waals surface area contributed by atoms with Gasteiger partial charge in [0.1, 0.15) is 0 Å². The molecule has 0 aromatic rings. The van der Waals surface area contributed by atoms with E-state index in [0.717, 1.165) is 25.7 Å². The standard InChI is InChI=1S/C8H18N2O2S/c1-7(2)10(13(9,11)12)8-5-3-4-6-8/h7-8H,3-6H2,1-2H3,(H2,9,11,12). The van der Waals surface area contributed by atoms with Crippen molar-refractivity contribution < 1.29 is 8.42 Å². The summed E-state index contributed by atoms with van der Waals surface area (Å²) < 4.78 is 24.0. The molecular formula is C8H18N2O2S. The first kappa shape index (κ1) is 10.9. The van der Waals surface area contributed by atoms with Crippen LogP contribution in [0.15, 0.2) is 0 Å². The summed E-state index contributed by atoms with van der Waals surface area (Å²) in [7, 11) is -3.51. The van der Waals surface area contributed by atoms with Gasteiger partial charge in [-0.1, -0.05) is 12.8 Å². The molecule has 0 atom stereocenters. The number of hydrogen-bond donors (Lipinski definition) is 1. The molecule has 1 aliphatic rings. The number of nitrogens with two attached hydrogens (primary N) is 1. The lowest BCUT2D eigenvalue weighted by atomic mass is 10.2. The van der Waals surface area contributed by atoms with E-state index in [9.17, 15) is 8.42 Å². The minimum atomic E-state index is -3.51. The van der Waals surface area contributed by atoms with Crippen molar-refractivity contribution in [3.8, 4) is 0 Å². The Morgan fingerprint density at radius 1 is 1.31 bits per heavy atom. The topological polar surface area (TPSA) is 63.4 Å². The lowest BCUT2D eigenvalue weighted by Crippen LogP contribution is -2.46. The molecule has 1 aliphatic carbocycles. The van der Waals surface area contributed by atoms with Gasteiger partial charge in [-0.2, -0.15) is 12.7 Å². The second kappa shape index (κ2) is 3.94. The third kappa shape index (κ3) is 2.65. The molecule has 0 aromatic carbocycles. The van der Waals surface area contributed by atoms with Gasteiger partial charge in [0.15, 0.2) is 0 Å². The lowest BCUT2D eigenvalue weighted by Gasteiger charge is -2.29. The van der Waals surface area contributed by atoms with E-state index in [1.807, 2.05) is 13.8 Å². The summed E-state index contributed by atoms with van der Waals surface area (Å²) in [5, 5.41) is 5.16. The summed E-state index contributed by atoms with van der Waals surface area (Å²) in [6.45, 7) is 3.73. The first-order chi connectivity index (χ1) is 5.93. The molecule has 0 bridgehead atoms. The van der Waals surface area contributed by atoms with Gasteiger partial charge >= 0.3 is 0 Å². The smallest absolute Gasteiger partial charge is 0.216 e. The molecule has 0 saturated heterocycles. The van der Waals surface area contributed by atoms with Crippen molar-refractivity contribution in [2.75, 3.05) is 0 Å². The Bertz CT molecular complexity index is 255. The Balaban J connectivity index is 2.79. The maximum atomic E-state index is 11.3. The predicted octanol–water partition coefficient (Wildman–Crippen LogP) is 0.843. The highest BCUT2D eigenvalue weighted by Gasteiger charge is 2.31. The van der Waals surface area contributed by atoms with Crippen LogP contribution >= 0.6 is 0 Å². The van der Waals surface area contributed by atoms with Crippen LogP contribution in [-0.2, 0) is 10.2 Å². The fraction of sp³-hybridized carbons (Fsp3) is 1.00. The van der Waals surface area contributed by atoms with Crippen LogP contribution in [0.25, 0.3) is 0 Å². The van der Waals surface area contributed by atoms with E-state index in [1.54, 1.807) is 0 Å². The monoisotopic (exact) mass is 206 g/mol.